The zero-order valence-corrected chi connectivity index (χ0v) is 17.2. The number of carbonyl (C=O) groups excluding carboxylic acids is 1. The van der Waals surface area contributed by atoms with Crippen molar-refractivity contribution in [2.45, 2.75) is 11.3 Å². The quantitative estimate of drug-likeness (QED) is 0.747. The van der Waals surface area contributed by atoms with Gasteiger partial charge in [0.25, 0.3) is 5.91 Å². The zero-order valence-electron chi connectivity index (χ0n) is 15.6. The normalized spacial score (nSPS) is 16.2. The van der Waals surface area contributed by atoms with Crippen LogP contribution in [0.5, 0.6) is 5.75 Å². The number of benzene rings is 2. The van der Waals surface area contributed by atoms with Crippen LogP contribution in [0.15, 0.2) is 41.3 Å². The van der Waals surface area contributed by atoms with Gasteiger partial charge in [-0.1, -0.05) is 11.6 Å². The molecule has 1 atom stereocenters. The summed E-state index contributed by atoms with van der Waals surface area (Å²) in [4.78, 5) is 12.8. The molecule has 1 amide bonds. The van der Waals surface area contributed by atoms with E-state index in [1.54, 1.807) is 0 Å². The third-order valence-electron chi connectivity index (χ3n) is 4.60. The Morgan fingerprint density at radius 2 is 2.14 bits per heavy atom. The number of nitriles is 1. The number of hydrogen-bond acceptors (Lipinski definition) is 6. The Labute approximate surface area is 174 Å². The van der Waals surface area contributed by atoms with Crippen molar-refractivity contribution in [2.75, 3.05) is 31.4 Å². The largest absolute Gasteiger partial charge is 0.496 e. The van der Waals surface area contributed by atoms with Gasteiger partial charge in [0.1, 0.15) is 11.8 Å². The van der Waals surface area contributed by atoms with E-state index < -0.39 is 15.7 Å². The van der Waals surface area contributed by atoms with Crippen LogP contribution in [0.1, 0.15) is 22.3 Å². The van der Waals surface area contributed by atoms with Crippen LogP contribution in [0.2, 0.25) is 5.02 Å². The molecule has 0 aliphatic carbocycles. The number of nitrogens with one attached hydrogen (secondary N) is 1. The van der Waals surface area contributed by atoms with Crippen LogP contribution >= 0.6 is 11.6 Å². The number of amides is 1. The van der Waals surface area contributed by atoms with E-state index in [1.165, 1.54) is 43.5 Å². The van der Waals surface area contributed by atoms with Gasteiger partial charge in [0.2, 0.25) is 0 Å². The van der Waals surface area contributed by atoms with Gasteiger partial charge in [0.05, 0.1) is 40.5 Å². The van der Waals surface area contributed by atoms with E-state index in [0.717, 1.165) is 0 Å². The van der Waals surface area contributed by atoms with Crippen LogP contribution in [0.25, 0.3) is 0 Å². The molecule has 1 aliphatic heterocycles. The molecule has 1 heterocycles. The Morgan fingerprint density at radius 3 is 2.76 bits per heavy atom. The maximum Gasteiger partial charge on any atom is 0.259 e. The molecule has 152 valence electrons. The first-order valence-electron chi connectivity index (χ1n) is 8.83. The first-order chi connectivity index (χ1) is 13.8. The molecule has 9 heteroatoms. The summed E-state index contributed by atoms with van der Waals surface area (Å²) in [5.74, 6) is -0.402. The smallest absolute Gasteiger partial charge is 0.259 e. The molecule has 3 rings (SSSR count). The van der Waals surface area contributed by atoms with Crippen molar-refractivity contribution in [1.82, 2.24) is 0 Å². The van der Waals surface area contributed by atoms with Crippen molar-refractivity contribution < 1.29 is 22.7 Å². The van der Waals surface area contributed by atoms with Crippen LogP contribution in [0.3, 0.4) is 0 Å². The van der Waals surface area contributed by atoms with Gasteiger partial charge in [-0.15, -0.1) is 0 Å². The predicted molar refractivity (Wildman–Crippen MR) is 108 cm³/mol. The number of carbonyl (C=O) groups is 1. The van der Waals surface area contributed by atoms with E-state index in [-0.39, 0.29) is 38.5 Å². The molecule has 0 spiro atoms. The lowest BCUT2D eigenvalue weighted by Crippen LogP contribution is -2.18. The lowest BCUT2D eigenvalue weighted by Gasteiger charge is -2.13. The minimum absolute atomic E-state index is 0.0361. The second-order valence-corrected chi connectivity index (χ2v) is 9.08. The van der Waals surface area contributed by atoms with E-state index in [2.05, 4.69) is 5.32 Å². The van der Waals surface area contributed by atoms with Gasteiger partial charge in [-0.3, -0.25) is 4.79 Å². The van der Waals surface area contributed by atoms with E-state index in [0.29, 0.717) is 25.3 Å². The summed E-state index contributed by atoms with van der Waals surface area (Å²) in [6.45, 7) is 0.978. The van der Waals surface area contributed by atoms with Gasteiger partial charge in [-0.25, -0.2) is 8.42 Å². The fraction of sp³-hybridized carbons (Fsp3) is 0.300. The van der Waals surface area contributed by atoms with E-state index in [1.807, 2.05) is 6.07 Å². The summed E-state index contributed by atoms with van der Waals surface area (Å²) < 4.78 is 36.0. The summed E-state index contributed by atoms with van der Waals surface area (Å²) in [6, 6.07) is 10.6. The van der Waals surface area contributed by atoms with E-state index >= 15 is 0 Å². The molecule has 0 bridgehead atoms. The molecular weight excluding hydrogens is 416 g/mol. The monoisotopic (exact) mass is 434 g/mol. The predicted octanol–water partition coefficient (Wildman–Crippen LogP) is 3.28. The van der Waals surface area contributed by atoms with Gasteiger partial charge in [-0.05, 0) is 48.7 Å². The summed E-state index contributed by atoms with van der Waals surface area (Å²) in [5, 5.41) is 11.8. The lowest BCUT2D eigenvalue weighted by atomic mass is 10.1. The highest BCUT2D eigenvalue weighted by atomic mass is 35.5. The zero-order chi connectivity index (χ0) is 21.0. The molecule has 1 aliphatic rings. The highest BCUT2D eigenvalue weighted by Crippen LogP contribution is 2.27. The SMILES string of the molecule is COc1ccc(S(=O)(=O)C[C@H]2CCOC2)cc1C(=O)Nc1ccc(C#N)c(Cl)c1. The van der Waals surface area contributed by atoms with Gasteiger partial charge in [0.15, 0.2) is 9.84 Å². The van der Waals surface area contributed by atoms with Gasteiger partial charge < -0.3 is 14.8 Å². The molecule has 1 saturated heterocycles. The second kappa shape index (κ2) is 8.82. The average Bonchev–Trinajstić information content (AvgIpc) is 3.19. The van der Waals surface area contributed by atoms with Crippen LogP contribution < -0.4 is 10.1 Å². The highest BCUT2D eigenvalue weighted by molar-refractivity contribution is 7.91. The van der Waals surface area contributed by atoms with Crippen LogP contribution in [-0.2, 0) is 14.6 Å². The number of halogens is 1. The van der Waals surface area contributed by atoms with Gasteiger partial charge >= 0.3 is 0 Å². The Balaban J connectivity index is 1.87. The lowest BCUT2D eigenvalue weighted by molar-refractivity contribution is 0.102. The van der Waals surface area contributed by atoms with Crippen molar-refractivity contribution in [3.63, 3.8) is 0 Å². The number of sulfone groups is 1. The third-order valence-corrected chi connectivity index (χ3v) is 6.80. The third kappa shape index (κ3) is 4.88. The van der Waals surface area contributed by atoms with E-state index in [9.17, 15) is 13.2 Å². The molecule has 29 heavy (non-hydrogen) atoms. The number of ether oxygens (including phenoxy) is 2. The molecule has 2 aromatic carbocycles. The Bertz CT molecular complexity index is 1070. The molecule has 0 aromatic heterocycles. The van der Waals surface area contributed by atoms with Crippen molar-refractivity contribution in [2.24, 2.45) is 5.92 Å². The first-order valence-corrected chi connectivity index (χ1v) is 10.9. The highest BCUT2D eigenvalue weighted by Gasteiger charge is 2.26. The summed E-state index contributed by atoms with van der Waals surface area (Å²) in [5.41, 5.74) is 0.736. The second-order valence-electron chi connectivity index (χ2n) is 6.63. The van der Waals surface area contributed by atoms with Crippen LogP contribution in [-0.4, -0.2) is 40.4 Å². The fourth-order valence-electron chi connectivity index (χ4n) is 3.06. The summed E-state index contributed by atoms with van der Waals surface area (Å²) in [7, 11) is -2.19. The molecule has 0 unspecified atom stereocenters. The molecule has 0 saturated carbocycles. The standard InChI is InChI=1S/C20H19ClN2O5S/c1-27-19-5-4-16(29(25,26)12-13-6-7-28-11-13)9-17(19)20(24)23-15-3-2-14(10-22)18(21)8-15/h2-5,8-9,13H,6-7,11-12H2,1H3,(H,23,24)/t13-/m0/s1. The van der Waals surface area contributed by atoms with Crippen molar-refractivity contribution in [3.05, 3.63) is 52.5 Å². The van der Waals surface area contributed by atoms with Crippen molar-refractivity contribution in [3.8, 4) is 11.8 Å². The average molecular weight is 435 g/mol. The number of rotatable bonds is 6. The van der Waals surface area contributed by atoms with Crippen LogP contribution in [0.4, 0.5) is 5.69 Å². The Morgan fingerprint density at radius 1 is 1.34 bits per heavy atom. The maximum atomic E-state index is 12.8. The molecular formula is C20H19ClN2O5S. The molecule has 0 radical (unpaired) electrons. The first kappa shape index (κ1) is 21.1. The molecule has 1 fully saturated rings. The number of nitrogens with zero attached hydrogens (tertiary/aromatic N) is 1. The molecule has 2 aromatic rings. The molecule has 7 nitrogen and oxygen atoms in total. The van der Waals surface area contributed by atoms with Gasteiger partial charge in [0, 0.05) is 12.3 Å². The van der Waals surface area contributed by atoms with Crippen LogP contribution in [0, 0.1) is 17.2 Å². The van der Waals surface area contributed by atoms with E-state index in [4.69, 9.17) is 26.3 Å². The fourth-order valence-corrected chi connectivity index (χ4v) is 4.93. The molecule has 1 N–H and O–H groups in total. The van der Waals surface area contributed by atoms with Crippen molar-refractivity contribution >= 4 is 33.0 Å². The number of anilines is 1. The summed E-state index contributed by atoms with van der Waals surface area (Å²) >= 11 is 6.00. The number of hydrogen-bond donors (Lipinski definition) is 1. The number of methoxy groups -OCH3 is 1. The minimum atomic E-state index is -3.59. The topological polar surface area (TPSA) is 105 Å². The Hall–Kier alpha value is -2.60. The van der Waals surface area contributed by atoms with Gasteiger partial charge in [-0.2, -0.15) is 5.26 Å². The maximum absolute atomic E-state index is 12.8. The minimum Gasteiger partial charge on any atom is -0.496 e. The van der Waals surface area contributed by atoms with Crippen molar-refractivity contribution in [1.29, 1.82) is 5.26 Å². The Kier molecular flexibility index (Phi) is 6.42. The summed E-state index contributed by atoms with van der Waals surface area (Å²) in [6.07, 6.45) is 0.697.